The van der Waals surface area contributed by atoms with Gasteiger partial charge in [-0.3, -0.25) is 4.79 Å². The fourth-order valence-corrected chi connectivity index (χ4v) is 5.10. The minimum Gasteiger partial charge on any atom is -0.462 e. The Morgan fingerprint density at radius 3 is 2.65 bits per heavy atom. The highest BCUT2D eigenvalue weighted by Crippen LogP contribution is 2.39. The third-order valence-electron chi connectivity index (χ3n) is 3.73. The number of carbonyl (C=O) groups is 2. The third-order valence-corrected chi connectivity index (χ3v) is 6.21. The van der Waals surface area contributed by atoms with Gasteiger partial charge in [0.2, 0.25) is 15.0 Å². The lowest BCUT2D eigenvalue weighted by molar-refractivity contribution is -0.117. The van der Waals surface area contributed by atoms with E-state index in [-0.39, 0.29) is 37.2 Å². The molecule has 1 atom stereocenters. The first-order valence-corrected chi connectivity index (χ1v) is 10.4. The number of hydrogen-bond donors (Lipinski definition) is 0. The van der Waals surface area contributed by atoms with Crippen molar-refractivity contribution in [3.63, 3.8) is 0 Å². The molecule has 2 heterocycles. The van der Waals surface area contributed by atoms with Crippen LogP contribution in [0.5, 0.6) is 0 Å². The average molecular weight is 380 g/mol. The van der Waals surface area contributed by atoms with E-state index >= 15 is 0 Å². The summed E-state index contributed by atoms with van der Waals surface area (Å²) >= 11 is 1.34. The second-order valence-corrected chi connectivity index (χ2v) is 9.49. The van der Waals surface area contributed by atoms with E-state index in [1.807, 2.05) is 13.8 Å². The monoisotopic (exact) mass is 379 g/mol. The third kappa shape index (κ3) is 4.05. The van der Waals surface area contributed by atoms with Crippen molar-refractivity contribution in [3.8, 4) is 0 Å². The maximum atomic E-state index is 12.3. The predicted octanol–water partition coefficient (Wildman–Crippen LogP) is 2.46. The Morgan fingerprint density at radius 2 is 2.09 bits per heavy atom. The van der Waals surface area contributed by atoms with E-state index in [0.29, 0.717) is 10.6 Å². The molecule has 0 spiro atoms. The number of aryl methyl sites for hydroxylation is 1. The molecule has 1 aliphatic heterocycles. The number of amides is 1. The summed E-state index contributed by atoms with van der Waals surface area (Å²) in [6.07, 6.45) is 0.101. The fraction of sp³-hybridized carbons (Fsp3) is 0.571. The lowest BCUT2D eigenvalue weighted by atomic mass is 10.1. The summed E-state index contributed by atoms with van der Waals surface area (Å²) in [5, 5.41) is 0.526. The normalized spacial score (nSPS) is 18.5. The van der Waals surface area contributed by atoms with Gasteiger partial charge in [0.05, 0.1) is 17.9 Å². The summed E-state index contributed by atoms with van der Waals surface area (Å²) < 4.78 is 27.5. The highest BCUT2D eigenvalue weighted by Gasteiger charge is 2.37. The van der Waals surface area contributed by atoms with Gasteiger partial charge in [-0.25, -0.2) is 13.2 Å². The molecular formula is C14H18ClNO5S2. The highest BCUT2D eigenvalue weighted by atomic mass is 35.7. The molecule has 6 nitrogen and oxygen atoms in total. The number of rotatable bonds is 5. The summed E-state index contributed by atoms with van der Waals surface area (Å²) in [5.41, 5.74) is 1.17. The van der Waals surface area contributed by atoms with E-state index in [9.17, 15) is 18.0 Å². The summed E-state index contributed by atoms with van der Waals surface area (Å²) in [4.78, 5) is 26.9. The molecule has 23 heavy (non-hydrogen) atoms. The molecular weight excluding hydrogens is 362 g/mol. The van der Waals surface area contributed by atoms with Crippen molar-refractivity contribution in [2.45, 2.75) is 27.2 Å². The topological polar surface area (TPSA) is 80.8 Å². The van der Waals surface area contributed by atoms with Crippen LogP contribution in [0.15, 0.2) is 0 Å². The molecule has 0 aromatic carbocycles. The molecule has 1 aromatic heterocycles. The van der Waals surface area contributed by atoms with Gasteiger partial charge in [-0.05, 0) is 26.3 Å². The van der Waals surface area contributed by atoms with E-state index < -0.39 is 15.0 Å². The van der Waals surface area contributed by atoms with Crippen molar-refractivity contribution in [2.75, 3.05) is 23.8 Å². The standard InChI is InChI=1S/C14H18ClNO5S2/c1-4-21-14(18)12-8(2)9(3)22-13(12)16-6-10(5-11(16)17)7-23(15,19)20/h10H,4-7H2,1-3H3. The van der Waals surface area contributed by atoms with Crippen LogP contribution in [0.25, 0.3) is 0 Å². The first-order valence-electron chi connectivity index (χ1n) is 7.13. The van der Waals surface area contributed by atoms with Crippen molar-refractivity contribution in [1.29, 1.82) is 0 Å². The van der Waals surface area contributed by atoms with Crippen LogP contribution >= 0.6 is 22.0 Å². The first-order chi connectivity index (χ1) is 10.6. The number of anilines is 1. The zero-order valence-electron chi connectivity index (χ0n) is 13.1. The molecule has 2 rings (SSSR count). The molecule has 0 aliphatic carbocycles. The van der Waals surface area contributed by atoms with E-state index in [0.717, 1.165) is 10.4 Å². The van der Waals surface area contributed by atoms with Crippen LogP contribution in [0.3, 0.4) is 0 Å². The van der Waals surface area contributed by atoms with Crippen LogP contribution in [0.2, 0.25) is 0 Å². The zero-order valence-corrected chi connectivity index (χ0v) is 15.5. The van der Waals surface area contributed by atoms with Gasteiger partial charge in [-0.2, -0.15) is 0 Å². The van der Waals surface area contributed by atoms with Gasteiger partial charge in [-0.1, -0.05) is 0 Å². The maximum absolute atomic E-state index is 12.3. The molecule has 0 radical (unpaired) electrons. The van der Waals surface area contributed by atoms with Gasteiger partial charge >= 0.3 is 5.97 Å². The van der Waals surface area contributed by atoms with E-state index in [1.54, 1.807) is 6.92 Å². The molecule has 0 saturated carbocycles. The Bertz CT molecular complexity index is 741. The molecule has 128 valence electrons. The van der Waals surface area contributed by atoms with Gasteiger partial charge in [0.15, 0.2) is 0 Å². The lowest BCUT2D eigenvalue weighted by Crippen LogP contribution is -2.26. The van der Waals surface area contributed by atoms with E-state index in [1.165, 1.54) is 16.2 Å². The lowest BCUT2D eigenvalue weighted by Gasteiger charge is -2.16. The second-order valence-electron chi connectivity index (χ2n) is 5.46. The Hall–Kier alpha value is -1.12. The molecule has 1 aliphatic rings. The van der Waals surface area contributed by atoms with Gasteiger partial charge in [0, 0.05) is 34.4 Å². The van der Waals surface area contributed by atoms with Crippen molar-refractivity contribution in [2.24, 2.45) is 5.92 Å². The highest BCUT2D eigenvalue weighted by molar-refractivity contribution is 8.13. The number of carbonyl (C=O) groups excluding carboxylic acids is 2. The minimum absolute atomic E-state index is 0.101. The number of hydrogen-bond acceptors (Lipinski definition) is 6. The quantitative estimate of drug-likeness (QED) is 0.579. The van der Waals surface area contributed by atoms with Crippen molar-refractivity contribution >= 4 is 47.9 Å². The number of nitrogens with zero attached hydrogens (tertiary/aromatic N) is 1. The number of ether oxygens (including phenoxy) is 1. The Balaban J connectivity index is 2.33. The Morgan fingerprint density at radius 1 is 1.43 bits per heavy atom. The molecule has 1 unspecified atom stereocenters. The minimum atomic E-state index is -3.67. The molecule has 9 heteroatoms. The van der Waals surface area contributed by atoms with Crippen LogP contribution in [0, 0.1) is 19.8 Å². The zero-order chi connectivity index (χ0) is 17.4. The summed E-state index contributed by atoms with van der Waals surface area (Å²) in [7, 11) is 1.61. The van der Waals surface area contributed by atoms with Crippen molar-refractivity contribution in [3.05, 3.63) is 16.0 Å². The largest absolute Gasteiger partial charge is 0.462 e. The van der Waals surface area contributed by atoms with Gasteiger partial charge in [-0.15, -0.1) is 11.3 Å². The molecule has 1 fully saturated rings. The van der Waals surface area contributed by atoms with E-state index in [2.05, 4.69) is 0 Å². The van der Waals surface area contributed by atoms with Crippen LogP contribution in [-0.4, -0.2) is 39.2 Å². The van der Waals surface area contributed by atoms with Crippen molar-refractivity contribution < 1.29 is 22.7 Å². The Kier molecular flexibility index (Phi) is 5.37. The van der Waals surface area contributed by atoms with Crippen LogP contribution in [0.1, 0.15) is 34.1 Å². The molecule has 1 amide bonds. The SMILES string of the molecule is CCOC(=O)c1c(N2CC(CS(=O)(=O)Cl)CC2=O)sc(C)c1C. The first kappa shape index (κ1) is 18.2. The summed E-state index contributed by atoms with van der Waals surface area (Å²) in [6, 6.07) is 0. The fourth-order valence-electron chi connectivity index (χ4n) is 2.61. The van der Waals surface area contributed by atoms with Crippen molar-refractivity contribution in [1.82, 2.24) is 0 Å². The number of thiophene rings is 1. The second kappa shape index (κ2) is 6.78. The van der Waals surface area contributed by atoms with Gasteiger partial charge < -0.3 is 9.64 Å². The molecule has 1 aromatic rings. The van der Waals surface area contributed by atoms with E-state index in [4.69, 9.17) is 15.4 Å². The summed E-state index contributed by atoms with van der Waals surface area (Å²) in [5.74, 6) is -1.30. The maximum Gasteiger partial charge on any atom is 0.341 e. The molecule has 0 bridgehead atoms. The predicted molar refractivity (Wildman–Crippen MR) is 89.8 cm³/mol. The van der Waals surface area contributed by atoms with Crippen LogP contribution in [0.4, 0.5) is 5.00 Å². The molecule has 0 N–H and O–H groups in total. The van der Waals surface area contributed by atoms with Gasteiger partial charge in [0.25, 0.3) is 0 Å². The van der Waals surface area contributed by atoms with Crippen LogP contribution < -0.4 is 4.90 Å². The number of halogens is 1. The van der Waals surface area contributed by atoms with Crippen LogP contribution in [-0.2, 0) is 18.6 Å². The molecule has 1 saturated heterocycles. The Labute approximate surface area is 143 Å². The average Bonchev–Trinajstić information content (AvgIpc) is 2.89. The van der Waals surface area contributed by atoms with Gasteiger partial charge in [0.1, 0.15) is 5.00 Å². The number of esters is 1. The smallest absolute Gasteiger partial charge is 0.341 e. The summed E-state index contributed by atoms with van der Waals surface area (Å²) in [6.45, 7) is 5.87.